The van der Waals surface area contributed by atoms with Crippen molar-refractivity contribution in [2.24, 2.45) is 0 Å². The Bertz CT molecular complexity index is 491. The molecule has 1 heterocycles. The van der Waals surface area contributed by atoms with Crippen molar-refractivity contribution in [1.82, 2.24) is 10.3 Å². The number of hydrogen-bond acceptors (Lipinski definition) is 4. The van der Waals surface area contributed by atoms with Crippen LogP contribution in [-0.2, 0) is 17.8 Å². The fourth-order valence-electron chi connectivity index (χ4n) is 1.98. The van der Waals surface area contributed by atoms with Crippen molar-refractivity contribution in [3.63, 3.8) is 0 Å². The minimum atomic E-state index is -0.488. The third-order valence-electron chi connectivity index (χ3n) is 3.09. The minimum Gasteiger partial charge on any atom is -0.389 e. The molecule has 4 nitrogen and oxygen atoms in total. The second kappa shape index (κ2) is 9.23. The number of nitrogens with one attached hydrogen (secondary N) is 1. The molecule has 0 aliphatic carbocycles. The Morgan fingerprint density at radius 3 is 2.67 bits per heavy atom. The number of benzene rings is 1. The van der Waals surface area contributed by atoms with E-state index in [4.69, 9.17) is 4.74 Å². The zero-order valence-corrected chi connectivity index (χ0v) is 12.1. The molecule has 0 saturated heterocycles. The van der Waals surface area contributed by atoms with E-state index < -0.39 is 6.10 Å². The molecule has 112 valence electrons. The van der Waals surface area contributed by atoms with Gasteiger partial charge < -0.3 is 15.2 Å². The Labute approximate surface area is 125 Å². The molecule has 2 aromatic rings. The van der Waals surface area contributed by atoms with E-state index in [1.165, 1.54) is 0 Å². The SMILES string of the molecule is O[C@H](CNCCc1ccccn1)COCc1ccccc1. The standard InChI is InChI=1S/C17H22N2O2/c20-17(14-21-13-15-6-2-1-3-7-15)12-18-11-9-16-8-4-5-10-19-16/h1-8,10,17-18,20H,9,11-14H2/t17-/m1/s1. The molecule has 1 aromatic heterocycles. The zero-order chi connectivity index (χ0) is 14.8. The predicted molar refractivity (Wildman–Crippen MR) is 82.9 cm³/mol. The maximum atomic E-state index is 9.82. The molecule has 0 fully saturated rings. The first-order valence-corrected chi connectivity index (χ1v) is 7.25. The summed E-state index contributed by atoms with van der Waals surface area (Å²) in [5.41, 5.74) is 2.17. The van der Waals surface area contributed by atoms with E-state index in [0.29, 0.717) is 19.8 Å². The van der Waals surface area contributed by atoms with Crippen molar-refractivity contribution in [2.45, 2.75) is 19.1 Å². The number of rotatable bonds is 9. The molecule has 1 aromatic carbocycles. The average molecular weight is 286 g/mol. The largest absolute Gasteiger partial charge is 0.389 e. The van der Waals surface area contributed by atoms with Crippen LogP contribution in [-0.4, -0.2) is 35.9 Å². The van der Waals surface area contributed by atoms with Crippen molar-refractivity contribution in [2.75, 3.05) is 19.7 Å². The van der Waals surface area contributed by atoms with Gasteiger partial charge in [-0.25, -0.2) is 0 Å². The van der Waals surface area contributed by atoms with Crippen LogP contribution in [0.15, 0.2) is 54.7 Å². The van der Waals surface area contributed by atoms with E-state index in [-0.39, 0.29) is 0 Å². The van der Waals surface area contributed by atoms with Crippen molar-refractivity contribution >= 4 is 0 Å². The number of aliphatic hydroxyl groups is 1. The van der Waals surface area contributed by atoms with Crippen LogP contribution in [0.1, 0.15) is 11.3 Å². The topological polar surface area (TPSA) is 54.4 Å². The highest BCUT2D eigenvalue weighted by atomic mass is 16.5. The van der Waals surface area contributed by atoms with Gasteiger partial charge in [-0.15, -0.1) is 0 Å². The zero-order valence-electron chi connectivity index (χ0n) is 12.1. The van der Waals surface area contributed by atoms with Crippen molar-refractivity contribution in [3.8, 4) is 0 Å². The molecule has 0 unspecified atom stereocenters. The van der Waals surface area contributed by atoms with Crippen molar-refractivity contribution < 1.29 is 9.84 Å². The van der Waals surface area contributed by atoms with Crippen molar-refractivity contribution in [1.29, 1.82) is 0 Å². The molecule has 0 spiro atoms. The van der Waals surface area contributed by atoms with Crippen LogP contribution >= 0.6 is 0 Å². The summed E-state index contributed by atoms with van der Waals surface area (Å²) >= 11 is 0. The van der Waals surface area contributed by atoms with Gasteiger partial charge in [0.05, 0.1) is 19.3 Å². The van der Waals surface area contributed by atoms with Gasteiger partial charge in [-0.2, -0.15) is 0 Å². The summed E-state index contributed by atoms with van der Waals surface area (Å²) in [7, 11) is 0. The molecule has 2 rings (SSSR count). The lowest BCUT2D eigenvalue weighted by atomic mass is 10.2. The van der Waals surface area contributed by atoms with E-state index in [1.807, 2.05) is 48.5 Å². The molecule has 0 amide bonds. The second-order valence-electron chi connectivity index (χ2n) is 4.93. The number of nitrogens with zero attached hydrogens (tertiary/aromatic N) is 1. The van der Waals surface area contributed by atoms with Crippen LogP contribution in [0.5, 0.6) is 0 Å². The number of ether oxygens (including phenoxy) is 1. The Hall–Kier alpha value is -1.75. The monoisotopic (exact) mass is 286 g/mol. The summed E-state index contributed by atoms with van der Waals surface area (Å²) in [6, 6.07) is 15.8. The summed E-state index contributed by atoms with van der Waals surface area (Å²) in [4.78, 5) is 4.25. The van der Waals surface area contributed by atoms with Crippen molar-refractivity contribution in [3.05, 3.63) is 66.0 Å². The van der Waals surface area contributed by atoms with E-state index in [0.717, 1.165) is 24.2 Å². The molecule has 4 heteroatoms. The Morgan fingerprint density at radius 1 is 1.10 bits per heavy atom. The van der Waals surface area contributed by atoms with E-state index in [1.54, 1.807) is 6.20 Å². The quantitative estimate of drug-likeness (QED) is 0.690. The Kier molecular flexibility index (Phi) is 6.88. The average Bonchev–Trinajstić information content (AvgIpc) is 2.54. The van der Waals surface area contributed by atoms with Gasteiger partial charge in [-0.3, -0.25) is 4.98 Å². The van der Waals surface area contributed by atoms with Gasteiger partial charge in [-0.1, -0.05) is 36.4 Å². The second-order valence-corrected chi connectivity index (χ2v) is 4.93. The highest BCUT2D eigenvalue weighted by molar-refractivity contribution is 5.13. The molecule has 0 aliphatic heterocycles. The molecule has 0 radical (unpaired) electrons. The van der Waals surface area contributed by atoms with Crippen LogP contribution in [0, 0.1) is 0 Å². The van der Waals surface area contributed by atoms with E-state index in [2.05, 4.69) is 10.3 Å². The molecule has 0 bridgehead atoms. The minimum absolute atomic E-state index is 0.339. The number of pyridine rings is 1. The fourth-order valence-corrected chi connectivity index (χ4v) is 1.98. The lowest BCUT2D eigenvalue weighted by molar-refractivity contribution is 0.0290. The first kappa shape index (κ1) is 15.6. The van der Waals surface area contributed by atoms with Gasteiger partial charge >= 0.3 is 0 Å². The van der Waals surface area contributed by atoms with Crippen LogP contribution < -0.4 is 5.32 Å². The number of aromatic nitrogens is 1. The molecule has 0 aliphatic rings. The third-order valence-corrected chi connectivity index (χ3v) is 3.09. The molecular formula is C17H22N2O2. The number of aliphatic hydroxyl groups excluding tert-OH is 1. The van der Waals surface area contributed by atoms with Gasteiger partial charge in [0.25, 0.3) is 0 Å². The molecular weight excluding hydrogens is 264 g/mol. The normalized spacial score (nSPS) is 12.2. The highest BCUT2D eigenvalue weighted by Crippen LogP contribution is 2.00. The lowest BCUT2D eigenvalue weighted by Crippen LogP contribution is -2.31. The molecule has 0 saturated carbocycles. The molecule has 2 N–H and O–H groups in total. The lowest BCUT2D eigenvalue weighted by Gasteiger charge is -2.12. The summed E-state index contributed by atoms with van der Waals surface area (Å²) < 4.78 is 5.49. The first-order chi connectivity index (χ1) is 10.3. The molecule has 1 atom stereocenters. The predicted octanol–water partition coefficient (Wildman–Crippen LogP) is 1.79. The van der Waals surface area contributed by atoms with E-state index in [9.17, 15) is 5.11 Å². The Morgan fingerprint density at radius 2 is 1.90 bits per heavy atom. The summed E-state index contributed by atoms with van der Waals surface area (Å²) in [6.07, 6.45) is 2.16. The van der Waals surface area contributed by atoms with Gasteiger partial charge in [0.2, 0.25) is 0 Å². The van der Waals surface area contributed by atoms with Gasteiger partial charge in [0.1, 0.15) is 0 Å². The van der Waals surface area contributed by atoms with E-state index >= 15 is 0 Å². The smallest absolute Gasteiger partial charge is 0.0897 e. The Balaban J connectivity index is 1.52. The summed E-state index contributed by atoms with van der Waals surface area (Å²) in [6.45, 7) is 2.20. The van der Waals surface area contributed by atoms with Gasteiger partial charge in [-0.05, 0) is 17.7 Å². The summed E-state index contributed by atoms with van der Waals surface area (Å²) in [5.74, 6) is 0. The van der Waals surface area contributed by atoms with Gasteiger partial charge in [0.15, 0.2) is 0 Å². The van der Waals surface area contributed by atoms with Crippen LogP contribution in [0.3, 0.4) is 0 Å². The van der Waals surface area contributed by atoms with Crippen LogP contribution in [0.4, 0.5) is 0 Å². The van der Waals surface area contributed by atoms with Gasteiger partial charge in [0, 0.05) is 31.4 Å². The fraction of sp³-hybridized carbons (Fsp3) is 0.353. The molecule has 21 heavy (non-hydrogen) atoms. The first-order valence-electron chi connectivity index (χ1n) is 7.25. The maximum absolute atomic E-state index is 9.82. The van der Waals surface area contributed by atoms with Crippen LogP contribution in [0.2, 0.25) is 0 Å². The summed E-state index contributed by atoms with van der Waals surface area (Å²) in [5, 5.41) is 13.0. The third kappa shape index (κ3) is 6.49. The highest BCUT2D eigenvalue weighted by Gasteiger charge is 2.04. The maximum Gasteiger partial charge on any atom is 0.0897 e. The number of hydrogen-bond donors (Lipinski definition) is 2. The van der Waals surface area contributed by atoms with Crippen LogP contribution in [0.25, 0.3) is 0 Å².